The Bertz CT molecular complexity index is 858. The van der Waals surface area contributed by atoms with E-state index in [1.807, 2.05) is 38.1 Å². The summed E-state index contributed by atoms with van der Waals surface area (Å²) in [4.78, 5) is 13.0. The third-order valence-corrected chi connectivity index (χ3v) is 3.91. The molecule has 8 nitrogen and oxygen atoms in total. The van der Waals surface area contributed by atoms with E-state index in [-0.39, 0.29) is 6.01 Å². The van der Waals surface area contributed by atoms with Gasteiger partial charge in [0.25, 0.3) is 0 Å². The second-order valence-corrected chi connectivity index (χ2v) is 5.69. The smallest absolute Gasteiger partial charge is 0.321 e. The Kier molecular flexibility index (Phi) is 5.31. The molecule has 3 aromatic rings. The van der Waals surface area contributed by atoms with Crippen LogP contribution in [0.4, 0.5) is 5.95 Å². The van der Waals surface area contributed by atoms with Crippen LogP contribution in [0.2, 0.25) is 0 Å². The molecule has 0 amide bonds. The number of nitrogens with one attached hydrogen (secondary N) is 1. The summed E-state index contributed by atoms with van der Waals surface area (Å²) in [6.07, 6.45) is 0.818. The zero-order valence-electron chi connectivity index (χ0n) is 15.2. The van der Waals surface area contributed by atoms with Gasteiger partial charge in [0.05, 0.1) is 25.5 Å². The molecule has 8 heteroatoms. The highest BCUT2D eigenvalue weighted by atomic mass is 16.5. The molecule has 0 saturated heterocycles. The first-order valence-electron chi connectivity index (χ1n) is 8.21. The number of aryl methyl sites for hydroxylation is 2. The van der Waals surface area contributed by atoms with Crippen molar-refractivity contribution in [3.8, 4) is 23.1 Å². The molecule has 0 atom stereocenters. The molecule has 0 fully saturated rings. The lowest BCUT2D eigenvalue weighted by Gasteiger charge is -2.08. The van der Waals surface area contributed by atoms with Crippen molar-refractivity contribution >= 4 is 5.95 Å². The largest absolute Gasteiger partial charge is 0.497 e. The minimum Gasteiger partial charge on any atom is -0.497 e. The molecular formula is C18H21N5O3. The molecule has 0 saturated carbocycles. The summed E-state index contributed by atoms with van der Waals surface area (Å²) in [7, 11) is 3.18. The molecule has 0 unspecified atom stereocenters. The molecule has 26 heavy (non-hydrogen) atoms. The Hall–Kier alpha value is -3.16. The molecule has 2 heterocycles. The van der Waals surface area contributed by atoms with Gasteiger partial charge in [-0.3, -0.25) is 0 Å². The van der Waals surface area contributed by atoms with Gasteiger partial charge >= 0.3 is 6.01 Å². The zero-order valence-corrected chi connectivity index (χ0v) is 15.2. The number of rotatable bonds is 7. The van der Waals surface area contributed by atoms with Gasteiger partial charge in [-0.15, -0.1) is 0 Å². The maximum atomic E-state index is 5.20. The van der Waals surface area contributed by atoms with Crippen LogP contribution < -0.4 is 14.8 Å². The molecular weight excluding hydrogens is 334 g/mol. The van der Waals surface area contributed by atoms with Crippen molar-refractivity contribution < 1.29 is 14.0 Å². The summed E-state index contributed by atoms with van der Waals surface area (Å²) < 4.78 is 15.6. The quantitative estimate of drug-likeness (QED) is 0.691. The molecule has 136 valence electrons. The molecule has 2 aromatic heterocycles. The Morgan fingerprint density at radius 2 is 1.77 bits per heavy atom. The highest BCUT2D eigenvalue weighted by Gasteiger charge is 2.17. The molecule has 3 rings (SSSR count). The second-order valence-electron chi connectivity index (χ2n) is 5.69. The average molecular weight is 355 g/mol. The van der Waals surface area contributed by atoms with E-state index in [0.29, 0.717) is 24.1 Å². The van der Waals surface area contributed by atoms with Crippen LogP contribution in [-0.4, -0.2) is 40.9 Å². The number of hydrogen-bond donors (Lipinski definition) is 1. The van der Waals surface area contributed by atoms with Crippen molar-refractivity contribution in [2.24, 2.45) is 0 Å². The van der Waals surface area contributed by atoms with Gasteiger partial charge in [0.15, 0.2) is 5.82 Å². The van der Waals surface area contributed by atoms with E-state index in [2.05, 4.69) is 25.4 Å². The summed E-state index contributed by atoms with van der Waals surface area (Å²) in [5.74, 6) is 2.41. The van der Waals surface area contributed by atoms with E-state index < -0.39 is 0 Å². The standard InChI is InChI=1S/C18H21N5O3/c1-11-15(12(2)26-23-11)16-20-17(22-18(21-16)25-4)19-10-9-13-5-7-14(24-3)8-6-13/h5-8H,9-10H2,1-4H3,(H,19,20,21,22). The van der Waals surface area contributed by atoms with Gasteiger partial charge in [0.2, 0.25) is 5.95 Å². The van der Waals surface area contributed by atoms with Gasteiger partial charge in [0.1, 0.15) is 11.5 Å². The predicted molar refractivity (Wildman–Crippen MR) is 96.5 cm³/mol. The van der Waals surface area contributed by atoms with Gasteiger partial charge in [-0.1, -0.05) is 17.3 Å². The van der Waals surface area contributed by atoms with E-state index in [1.165, 1.54) is 12.7 Å². The van der Waals surface area contributed by atoms with Crippen LogP contribution in [0.1, 0.15) is 17.0 Å². The first kappa shape index (κ1) is 17.7. The van der Waals surface area contributed by atoms with E-state index in [9.17, 15) is 0 Å². The topological polar surface area (TPSA) is 95.2 Å². The zero-order chi connectivity index (χ0) is 18.5. The Balaban J connectivity index is 1.74. The minimum atomic E-state index is 0.238. The van der Waals surface area contributed by atoms with E-state index >= 15 is 0 Å². The molecule has 0 aliphatic heterocycles. The molecule has 1 N–H and O–H groups in total. The van der Waals surface area contributed by atoms with Crippen LogP contribution in [0.3, 0.4) is 0 Å². The third kappa shape index (κ3) is 3.90. The first-order chi connectivity index (χ1) is 12.6. The third-order valence-electron chi connectivity index (χ3n) is 3.91. The molecule has 0 radical (unpaired) electrons. The van der Waals surface area contributed by atoms with Gasteiger partial charge < -0.3 is 19.3 Å². The summed E-state index contributed by atoms with van der Waals surface area (Å²) in [6, 6.07) is 8.18. The Labute approximate surface area is 151 Å². The first-order valence-corrected chi connectivity index (χ1v) is 8.21. The van der Waals surface area contributed by atoms with Gasteiger partial charge in [-0.05, 0) is 38.0 Å². The summed E-state index contributed by atoms with van der Waals surface area (Å²) in [6.45, 7) is 4.34. The highest BCUT2D eigenvalue weighted by Crippen LogP contribution is 2.25. The maximum Gasteiger partial charge on any atom is 0.321 e. The normalized spacial score (nSPS) is 10.6. The van der Waals surface area contributed by atoms with E-state index in [4.69, 9.17) is 14.0 Å². The van der Waals surface area contributed by atoms with Crippen molar-refractivity contribution in [1.29, 1.82) is 0 Å². The van der Waals surface area contributed by atoms with E-state index in [0.717, 1.165) is 23.4 Å². The molecule has 0 aliphatic rings. The lowest BCUT2D eigenvalue weighted by molar-refractivity contribution is 0.379. The second kappa shape index (κ2) is 7.81. The van der Waals surface area contributed by atoms with Crippen LogP contribution in [0, 0.1) is 13.8 Å². The van der Waals surface area contributed by atoms with Crippen LogP contribution in [-0.2, 0) is 6.42 Å². The number of hydrogen-bond acceptors (Lipinski definition) is 8. The maximum absolute atomic E-state index is 5.20. The monoisotopic (exact) mass is 355 g/mol. The summed E-state index contributed by atoms with van der Waals surface area (Å²) in [5, 5.41) is 7.16. The number of aromatic nitrogens is 4. The fourth-order valence-corrected chi connectivity index (χ4v) is 2.55. The van der Waals surface area contributed by atoms with Crippen molar-refractivity contribution in [2.75, 3.05) is 26.1 Å². The average Bonchev–Trinajstić information content (AvgIpc) is 3.00. The lowest BCUT2D eigenvalue weighted by Crippen LogP contribution is -2.10. The van der Waals surface area contributed by atoms with Gasteiger partial charge in [0, 0.05) is 6.54 Å². The van der Waals surface area contributed by atoms with Gasteiger partial charge in [-0.2, -0.15) is 15.0 Å². The number of benzene rings is 1. The van der Waals surface area contributed by atoms with Gasteiger partial charge in [-0.25, -0.2) is 0 Å². The predicted octanol–water partition coefficient (Wildman–Crippen LogP) is 2.82. The van der Waals surface area contributed by atoms with Crippen LogP contribution in [0.25, 0.3) is 11.4 Å². The summed E-state index contributed by atoms with van der Waals surface area (Å²) in [5.41, 5.74) is 2.66. The van der Waals surface area contributed by atoms with E-state index in [1.54, 1.807) is 7.11 Å². The van der Waals surface area contributed by atoms with Crippen molar-refractivity contribution in [3.63, 3.8) is 0 Å². The Morgan fingerprint density at radius 1 is 1.00 bits per heavy atom. The van der Waals surface area contributed by atoms with Crippen LogP contribution >= 0.6 is 0 Å². The van der Waals surface area contributed by atoms with Crippen molar-refractivity contribution in [1.82, 2.24) is 20.1 Å². The number of nitrogens with zero attached hydrogens (tertiary/aromatic N) is 4. The molecule has 1 aromatic carbocycles. The SMILES string of the molecule is COc1ccc(CCNc2nc(OC)nc(-c3c(C)noc3C)n2)cc1. The fraction of sp³-hybridized carbons (Fsp3) is 0.333. The molecule has 0 bridgehead atoms. The fourth-order valence-electron chi connectivity index (χ4n) is 2.55. The van der Waals surface area contributed by atoms with Crippen LogP contribution in [0.5, 0.6) is 11.8 Å². The molecule has 0 spiro atoms. The lowest BCUT2D eigenvalue weighted by atomic mass is 10.1. The van der Waals surface area contributed by atoms with Crippen molar-refractivity contribution in [2.45, 2.75) is 20.3 Å². The minimum absolute atomic E-state index is 0.238. The van der Waals surface area contributed by atoms with Crippen LogP contribution in [0.15, 0.2) is 28.8 Å². The molecule has 0 aliphatic carbocycles. The van der Waals surface area contributed by atoms with Crippen molar-refractivity contribution in [3.05, 3.63) is 41.3 Å². The highest BCUT2D eigenvalue weighted by molar-refractivity contribution is 5.61. The Morgan fingerprint density at radius 3 is 2.38 bits per heavy atom. The number of methoxy groups -OCH3 is 2. The summed E-state index contributed by atoms with van der Waals surface area (Å²) >= 11 is 0. The number of anilines is 1. The number of ether oxygens (including phenoxy) is 2.